The zero-order chi connectivity index (χ0) is 16.0. The van der Waals surface area contributed by atoms with E-state index < -0.39 is 16.0 Å². The number of carbonyl (C=O) groups is 1. The Balaban J connectivity index is 2.96. The summed E-state index contributed by atoms with van der Waals surface area (Å²) in [7, 11) is -2.66. The molecule has 0 amide bonds. The van der Waals surface area contributed by atoms with Crippen LogP contribution in [0.2, 0.25) is 0 Å². The number of hydrogen-bond acceptors (Lipinski definition) is 6. The Morgan fingerprint density at radius 1 is 1.43 bits per heavy atom. The molecule has 1 rings (SSSR count). The van der Waals surface area contributed by atoms with Crippen LogP contribution < -0.4 is 4.72 Å². The molecule has 8 heteroatoms. The minimum Gasteiger partial charge on any atom is -0.507 e. The molecule has 1 unspecified atom stereocenters. The molecule has 0 aliphatic carbocycles. The Hall–Kier alpha value is -1.64. The van der Waals surface area contributed by atoms with Gasteiger partial charge < -0.3 is 14.6 Å². The Bertz CT molecular complexity index is 599. The summed E-state index contributed by atoms with van der Waals surface area (Å²) >= 11 is 0. The molecule has 1 aromatic carbocycles. The van der Waals surface area contributed by atoms with Crippen LogP contribution in [0.15, 0.2) is 23.1 Å². The lowest BCUT2D eigenvalue weighted by Gasteiger charge is -2.13. The Labute approximate surface area is 123 Å². The predicted octanol–water partition coefficient (Wildman–Crippen LogP) is 0.882. The standard InChI is InChI=1S/C13H19NO6S/c1-4-20-9(2)8-14-21(17,18)10-5-6-12(15)11(7-10)13(16)19-3/h5-7,9,14-15H,4,8H2,1-3H3. The number of phenolic OH excluding ortho intramolecular Hbond substituents is 1. The summed E-state index contributed by atoms with van der Waals surface area (Å²) in [6.45, 7) is 4.13. The zero-order valence-corrected chi connectivity index (χ0v) is 12.9. The summed E-state index contributed by atoms with van der Waals surface area (Å²) in [4.78, 5) is 11.3. The van der Waals surface area contributed by atoms with Crippen LogP contribution in [-0.2, 0) is 19.5 Å². The molecule has 0 fully saturated rings. The highest BCUT2D eigenvalue weighted by molar-refractivity contribution is 7.89. The summed E-state index contributed by atoms with van der Waals surface area (Å²) < 4.78 is 36.3. The van der Waals surface area contributed by atoms with Crippen LogP contribution in [0.25, 0.3) is 0 Å². The van der Waals surface area contributed by atoms with Crippen molar-refractivity contribution in [2.45, 2.75) is 24.8 Å². The van der Waals surface area contributed by atoms with E-state index in [1.165, 1.54) is 6.07 Å². The molecule has 0 heterocycles. The van der Waals surface area contributed by atoms with Gasteiger partial charge in [0.2, 0.25) is 10.0 Å². The van der Waals surface area contributed by atoms with Crippen molar-refractivity contribution >= 4 is 16.0 Å². The number of nitrogens with one attached hydrogen (secondary N) is 1. The van der Waals surface area contributed by atoms with Crippen LogP contribution in [0, 0.1) is 0 Å². The molecule has 1 aromatic rings. The van der Waals surface area contributed by atoms with E-state index in [0.29, 0.717) is 6.61 Å². The van der Waals surface area contributed by atoms with Gasteiger partial charge >= 0.3 is 5.97 Å². The summed E-state index contributed by atoms with van der Waals surface area (Å²) in [5, 5.41) is 9.55. The third-order valence-electron chi connectivity index (χ3n) is 2.70. The molecule has 7 nitrogen and oxygen atoms in total. The molecule has 0 aliphatic heterocycles. The minimum absolute atomic E-state index is 0.102. The second-order valence-corrected chi connectivity index (χ2v) is 6.06. The van der Waals surface area contributed by atoms with Crippen molar-refractivity contribution in [2.75, 3.05) is 20.3 Å². The number of rotatable bonds is 7. The second kappa shape index (κ2) is 7.39. The number of aromatic hydroxyl groups is 1. The summed E-state index contributed by atoms with van der Waals surface area (Å²) in [6.07, 6.45) is -0.276. The zero-order valence-electron chi connectivity index (χ0n) is 12.1. The van der Waals surface area contributed by atoms with E-state index in [1.807, 2.05) is 6.92 Å². The molecule has 0 saturated heterocycles. The monoisotopic (exact) mass is 317 g/mol. The van der Waals surface area contributed by atoms with E-state index in [9.17, 15) is 18.3 Å². The topological polar surface area (TPSA) is 102 Å². The lowest BCUT2D eigenvalue weighted by Crippen LogP contribution is -2.32. The van der Waals surface area contributed by atoms with E-state index >= 15 is 0 Å². The number of ether oxygens (including phenoxy) is 2. The third kappa shape index (κ3) is 4.69. The van der Waals surface area contributed by atoms with E-state index in [-0.39, 0.29) is 28.9 Å². The number of methoxy groups -OCH3 is 1. The van der Waals surface area contributed by atoms with Crippen LogP contribution in [-0.4, -0.2) is 45.9 Å². The minimum atomic E-state index is -3.80. The van der Waals surface area contributed by atoms with Gasteiger partial charge in [-0.25, -0.2) is 17.9 Å². The summed E-state index contributed by atoms with van der Waals surface area (Å²) in [5.74, 6) is -1.16. The number of phenols is 1. The maximum Gasteiger partial charge on any atom is 0.341 e. The number of benzene rings is 1. The molecule has 0 aromatic heterocycles. The molecule has 0 aliphatic rings. The first-order chi connectivity index (χ1) is 9.81. The highest BCUT2D eigenvalue weighted by atomic mass is 32.2. The van der Waals surface area contributed by atoms with Crippen molar-refractivity contribution in [3.63, 3.8) is 0 Å². The van der Waals surface area contributed by atoms with Crippen LogP contribution in [0.5, 0.6) is 5.75 Å². The van der Waals surface area contributed by atoms with Gasteiger partial charge in [0.1, 0.15) is 11.3 Å². The lowest BCUT2D eigenvalue weighted by molar-refractivity contribution is 0.0597. The van der Waals surface area contributed by atoms with Gasteiger partial charge in [0.05, 0.1) is 18.1 Å². The van der Waals surface area contributed by atoms with Gasteiger partial charge in [-0.2, -0.15) is 0 Å². The van der Waals surface area contributed by atoms with Crippen molar-refractivity contribution in [2.24, 2.45) is 0 Å². The molecular formula is C13H19NO6S. The van der Waals surface area contributed by atoms with Crippen molar-refractivity contribution in [3.8, 4) is 5.75 Å². The van der Waals surface area contributed by atoms with Gasteiger partial charge in [0.15, 0.2) is 0 Å². The van der Waals surface area contributed by atoms with E-state index in [1.54, 1.807) is 6.92 Å². The SMILES string of the molecule is CCOC(C)CNS(=O)(=O)c1ccc(O)c(C(=O)OC)c1. The van der Waals surface area contributed by atoms with Crippen LogP contribution in [0.1, 0.15) is 24.2 Å². The number of esters is 1. The molecule has 0 radical (unpaired) electrons. The van der Waals surface area contributed by atoms with Gasteiger partial charge in [-0.05, 0) is 32.0 Å². The fourth-order valence-corrected chi connectivity index (χ4v) is 2.75. The molecule has 2 N–H and O–H groups in total. The lowest BCUT2D eigenvalue weighted by atomic mass is 10.2. The van der Waals surface area contributed by atoms with Crippen molar-refractivity contribution < 1.29 is 27.8 Å². The van der Waals surface area contributed by atoms with Crippen LogP contribution >= 0.6 is 0 Å². The Morgan fingerprint density at radius 3 is 2.67 bits per heavy atom. The first kappa shape index (κ1) is 17.4. The van der Waals surface area contributed by atoms with Gasteiger partial charge in [-0.1, -0.05) is 0 Å². The fraction of sp³-hybridized carbons (Fsp3) is 0.462. The van der Waals surface area contributed by atoms with E-state index in [4.69, 9.17) is 4.74 Å². The van der Waals surface area contributed by atoms with E-state index in [0.717, 1.165) is 19.2 Å². The highest BCUT2D eigenvalue weighted by Crippen LogP contribution is 2.22. The quantitative estimate of drug-likeness (QED) is 0.724. The third-order valence-corrected chi connectivity index (χ3v) is 4.12. The van der Waals surface area contributed by atoms with E-state index in [2.05, 4.69) is 9.46 Å². The first-order valence-electron chi connectivity index (χ1n) is 6.34. The Kier molecular flexibility index (Phi) is 6.13. The average molecular weight is 317 g/mol. The second-order valence-electron chi connectivity index (χ2n) is 4.29. The number of sulfonamides is 1. The van der Waals surface area contributed by atoms with Gasteiger partial charge in [0, 0.05) is 13.2 Å². The molecule has 21 heavy (non-hydrogen) atoms. The Morgan fingerprint density at radius 2 is 2.10 bits per heavy atom. The van der Waals surface area contributed by atoms with Crippen molar-refractivity contribution in [1.82, 2.24) is 4.72 Å². The average Bonchev–Trinajstić information content (AvgIpc) is 2.45. The van der Waals surface area contributed by atoms with Crippen molar-refractivity contribution in [1.29, 1.82) is 0 Å². The molecule has 0 saturated carbocycles. The van der Waals surface area contributed by atoms with Gasteiger partial charge in [-0.3, -0.25) is 0 Å². The first-order valence-corrected chi connectivity index (χ1v) is 7.82. The van der Waals surface area contributed by atoms with Crippen LogP contribution in [0.4, 0.5) is 0 Å². The highest BCUT2D eigenvalue weighted by Gasteiger charge is 2.20. The normalized spacial score (nSPS) is 12.9. The maximum absolute atomic E-state index is 12.1. The molecule has 0 bridgehead atoms. The summed E-state index contributed by atoms with van der Waals surface area (Å²) in [5.41, 5.74) is -0.210. The molecule has 1 atom stereocenters. The van der Waals surface area contributed by atoms with Gasteiger partial charge in [-0.15, -0.1) is 0 Å². The largest absolute Gasteiger partial charge is 0.507 e. The predicted molar refractivity (Wildman–Crippen MR) is 75.7 cm³/mol. The maximum atomic E-state index is 12.1. The molecule has 118 valence electrons. The van der Waals surface area contributed by atoms with Crippen molar-refractivity contribution in [3.05, 3.63) is 23.8 Å². The van der Waals surface area contributed by atoms with Gasteiger partial charge in [0.25, 0.3) is 0 Å². The number of hydrogen-bond donors (Lipinski definition) is 2. The number of carbonyl (C=O) groups excluding carboxylic acids is 1. The fourth-order valence-electron chi connectivity index (χ4n) is 1.61. The van der Waals surface area contributed by atoms with Crippen LogP contribution in [0.3, 0.4) is 0 Å². The smallest absolute Gasteiger partial charge is 0.341 e. The molecular weight excluding hydrogens is 298 g/mol. The summed E-state index contributed by atoms with van der Waals surface area (Å²) in [6, 6.07) is 3.40. The molecule has 0 spiro atoms.